The summed E-state index contributed by atoms with van der Waals surface area (Å²) in [6.45, 7) is 2.03. The first-order valence-corrected chi connectivity index (χ1v) is 6.44. The van der Waals surface area contributed by atoms with Crippen molar-refractivity contribution in [2.24, 2.45) is 5.84 Å². The van der Waals surface area contributed by atoms with Crippen LogP contribution >= 0.6 is 0 Å². The van der Waals surface area contributed by atoms with Crippen LogP contribution in [0.1, 0.15) is 31.2 Å². The molecule has 1 aromatic carbocycles. The van der Waals surface area contributed by atoms with Gasteiger partial charge in [-0.15, -0.1) is 0 Å². The van der Waals surface area contributed by atoms with E-state index in [0.29, 0.717) is 6.42 Å². The highest BCUT2D eigenvalue weighted by atomic mass is 16.2. The smallest absolute Gasteiger partial charge is 0.233 e. The first-order chi connectivity index (χ1) is 8.72. The molecule has 0 saturated heterocycles. The average molecular weight is 249 g/mol. The van der Waals surface area contributed by atoms with E-state index in [4.69, 9.17) is 5.84 Å². The summed E-state index contributed by atoms with van der Waals surface area (Å²) in [5.74, 6) is 4.94. The molecule has 4 nitrogen and oxygen atoms in total. The Labute approximate surface area is 109 Å². The van der Waals surface area contributed by atoms with E-state index in [-0.39, 0.29) is 5.91 Å². The van der Waals surface area contributed by atoms with Crippen LogP contribution in [0.15, 0.2) is 30.3 Å². The molecule has 4 heteroatoms. The van der Waals surface area contributed by atoms with Gasteiger partial charge in [-0.1, -0.05) is 36.8 Å². The van der Waals surface area contributed by atoms with Gasteiger partial charge in [0, 0.05) is 13.0 Å². The molecule has 18 heavy (non-hydrogen) atoms. The number of unbranched alkanes of at least 4 members (excludes halogenated alkanes) is 2. The fourth-order valence-electron chi connectivity index (χ4n) is 1.89. The first kappa shape index (κ1) is 14.7. The molecule has 1 rings (SSSR count). The van der Waals surface area contributed by atoms with E-state index in [9.17, 15) is 4.79 Å². The van der Waals surface area contributed by atoms with E-state index in [2.05, 4.69) is 41.6 Å². The number of benzene rings is 1. The lowest BCUT2D eigenvalue weighted by molar-refractivity contribution is -0.121. The van der Waals surface area contributed by atoms with E-state index in [0.717, 1.165) is 32.4 Å². The minimum Gasteiger partial charge on any atom is -0.302 e. The van der Waals surface area contributed by atoms with Crippen molar-refractivity contribution >= 4 is 5.91 Å². The maximum absolute atomic E-state index is 10.9. The highest BCUT2D eigenvalue weighted by molar-refractivity contribution is 5.74. The lowest BCUT2D eigenvalue weighted by Gasteiger charge is -2.16. The zero-order chi connectivity index (χ0) is 13.2. The lowest BCUT2D eigenvalue weighted by Crippen LogP contribution is -2.29. The number of rotatable bonds is 8. The Hall–Kier alpha value is -1.39. The number of nitrogens with zero attached hydrogens (tertiary/aromatic N) is 1. The number of amides is 1. The predicted molar refractivity (Wildman–Crippen MR) is 73.6 cm³/mol. The first-order valence-electron chi connectivity index (χ1n) is 6.44. The molecule has 0 fully saturated rings. The van der Waals surface area contributed by atoms with Crippen LogP contribution in [0.5, 0.6) is 0 Å². The summed E-state index contributed by atoms with van der Waals surface area (Å²) in [4.78, 5) is 13.2. The van der Waals surface area contributed by atoms with E-state index < -0.39 is 0 Å². The van der Waals surface area contributed by atoms with Crippen molar-refractivity contribution in [3.05, 3.63) is 35.9 Å². The summed E-state index contributed by atoms with van der Waals surface area (Å²) >= 11 is 0. The van der Waals surface area contributed by atoms with Crippen molar-refractivity contribution in [1.82, 2.24) is 10.3 Å². The van der Waals surface area contributed by atoms with Gasteiger partial charge in [-0.2, -0.15) is 0 Å². The number of hydrazine groups is 1. The molecule has 0 atom stereocenters. The van der Waals surface area contributed by atoms with Crippen LogP contribution in [0.3, 0.4) is 0 Å². The summed E-state index contributed by atoms with van der Waals surface area (Å²) in [6.07, 6.45) is 3.61. The molecule has 0 aliphatic rings. The molecule has 3 N–H and O–H groups in total. The highest BCUT2D eigenvalue weighted by Crippen LogP contribution is 2.05. The van der Waals surface area contributed by atoms with Gasteiger partial charge in [0.05, 0.1) is 0 Å². The maximum Gasteiger partial charge on any atom is 0.233 e. The van der Waals surface area contributed by atoms with Crippen LogP contribution in [0.2, 0.25) is 0 Å². The van der Waals surface area contributed by atoms with Gasteiger partial charge in [0.25, 0.3) is 0 Å². The van der Waals surface area contributed by atoms with Crippen LogP contribution in [-0.4, -0.2) is 24.4 Å². The van der Waals surface area contributed by atoms with Crippen molar-refractivity contribution in [3.63, 3.8) is 0 Å². The minimum absolute atomic E-state index is 0.0763. The average Bonchev–Trinajstić information content (AvgIpc) is 2.39. The molecule has 0 spiro atoms. The second-order valence-corrected chi connectivity index (χ2v) is 4.60. The molecule has 0 unspecified atom stereocenters. The van der Waals surface area contributed by atoms with E-state index >= 15 is 0 Å². The van der Waals surface area contributed by atoms with Gasteiger partial charge in [0.1, 0.15) is 0 Å². The maximum atomic E-state index is 10.9. The molecule has 0 saturated carbocycles. The van der Waals surface area contributed by atoms with Crippen LogP contribution in [0.4, 0.5) is 0 Å². The van der Waals surface area contributed by atoms with Crippen molar-refractivity contribution in [2.45, 2.75) is 32.2 Å². The zero-order valence-corrected chi connectivity index (χ0v) is 11.1. The van der Waals surface area contributed by atoms with E-state index in [1.165, 1.54) is 5.56 Å². The van der Waals surface area contributed by atoms with Crippen molar-refractivity contribution in [2.75, 3.05) is 13.6 Å². The molecule has 0 bridgehead atoms. The van der Waals surface area contributed by atoms with Crippen molar-refractivity contribution in [3.8, 4) is 0 Å². The van der Waals surface area contributed by atoms with Gasteiger partial charge in [0.15, 0.2) is 0 Å². The fraction of sp³-hybridized carbons (Fsp3) is 0.500. The summed E-state index contributed by atoms with van der Waals surface area (Å²) in [7, 11) is 2.12. The summed E-state index contributed by atoms with van der Waals surface area (Å²) in [5.41, 5.74) is 3.48. The molecule has 100 valence electrons. The monoisotopic (exact) mass is 249 g/mol. The van der Waals surface area contributed by atoms with Gasteiger partial charge < -0.3 is 4.90 Å². The Morgan fingerprint density at radius 1 is 1.22 bits per heavy atom. The Morgan fingerprint density at radius 2 is 1.94 bits per heavy atom. The second kappa shape index (κ2) is 8.66. The minimum atomic E-state index is -0.0763. The molecular weight excluding hydrogens is 226 g/mol. The van der Waals surface area contributed by atoms with Crippen molar-refractivity contribution < 1.29 is 4.79 Å². The SMILES string of the molecule is CN(CCCCCC(=O)NN)Cc1ccccc1. The number of hydrogen-bond donors (Lipinski definition) is 2. The van der Waals surface area contributed by atoms with Crippen molar-refractivity contribution in [1.29, 1.82) is 0 Å². The lowest BCUT2D eigenvalue weighted by atomic mass is 10.1. The Kier molecular flexibility index (Phi) is 7.06. The molecule has 0 aliphatic carbocycles. The summed E-state index contributed by atoms with van der Waals surface area (Å²) < 4.78 is 0. The normalized spacial score (nSPS) is 10.6. The van der Waals surface area contributed by atoms with Gasteiger partial charge in [-0.05, 0) is 32.0 Å². The van der Waals surface area contributed by atoms with E-state index in [1.807, 2.05) is 6.07 Å². The molecule has 0 aromatic heterocycles. The zero-order valence-electron chi connectivity index (χ0n) is 11.1. The van der Waals surface area contributed by atoms with Crippen LogP contribution in [-0.2, 0) is 11.3 Å². The Morgan fingerprint density at radius 3 is 2.61 bits per heavy atom. The summed E-state index contributed by atoms with van der Waals surface area (Å²) in [6, 6.07) is 10.4. The number of nitrogens with one attached hydrogen (secondary N) is 1. The molecule has 0 aliphatic heterocycles. The van der Waals surface area contributed by atoms with Crippen LogP contribution < -0.4 is 11.3 Å². The fourth-order valence-corrected chi connectivity index (χ4v) is 1.89. The Balaban J connectivity index is 2.07. The van der Waals surface area contributed by atoms with Gasteiger partial charge >= 0.3 is 0 Å². The summed E-state index contributed by atoms with van der Waals surface area (Å²) in [5, 5.41) is 0. The third kappa shape index (κ3) is 6.37. The Bertz CT molecular complexity index is 340. The van der Waals surface area contributed by atoms with Crippen LogP contribution in [0, 0.1) is 0 Å². The second-order valence-electron chi connectivity index (χ2n) is 4.60. The third-order valence-electron chi connectivity index (χ3n) is 2.90. The molecular formula is C14H23N3O. The van der Waals surface area contributed by atoms with Gasteiger partial charge in [-0.3, -0.25) is 10.2 Å². The van der Waals surface area contributed by atoms with Gasteiger partial charge in [0.2, 0.25) is 5.91 Å². The molecule has 0 heterocycles. The number of nitrogens with two attached hydrogens (primary N) is 1. The molecule has 1 amide bonds. The quantitative estimate of drug-likeness (QED) is 0.319. The number of carbonyl (C=O) groups is 1. The van der Waals surface area contributed by atoms with Crippen LogP contribution in [0.25, 0.3) is 0 Å². The van der Waals surface area contributed by atoms with E-state index in [1.54, 1.807) is 0 Å². The predicted octanol–water partition coefficient (Wildman–Crippen LogP) is 1.67. The van der Waals surface area contributed by atoms with Gasteiger partial charge in [-0.25, -0.2) is 5.84 Å². The largest absolute Gasteiger partial charge is 0.302 e. The standard InChI is InChI=1S/C14H23N3O/c1-17(12-13-8-4-2-5-9-13)11-7-3-6-10-14(18)16-15/h2,4-5,8-9H,3,6-7,10-12,15H2,1H3,(H,16,18). The number of hydrogen-bond acceptors (Lipinski definition) is 3. The number of carbonyl (C=O) groups excluding carboxylic acids is 1. The highest BCUT2D eigenvalue weighted by Gasteiger charge is 2.01. The molecule has 1 aromatic rings. The topological polar surface area (TPSA) is 58.4 Å². The third-order valence-corrected chi connectivity index (χ3v) is 2.90. The molecule has 0 radical (unpaired) electrons.